The molecule has 0 radical (unpaired) electrons. The van der Waals surface area contributed by atoms with Crippen molar-refractivity contribution in [3.8, 4) is 11.8 Å². The number of aliphatic imine (C=N–C) groups is 1. The molecule has 1 aliphatic heterocycles. The molecule has 0 saturated carbocycles. The van der Waals surface area contributed by atoms with Crippen molar-refractivity contribution in [2.75, 3.05) is 26.2 Å². The van der Waals surface area contributed by atoms with Gasteiger partial charge >= 0.3 is 6.18 Å². The van der Waals surface area contributed by atoms with Crippen LogP contribution in [0.15, 0.2) is 29.3 Å². The highest BCUT2D eigenvalue weighted by Gasteiger charge is 2.29. The molecule has 28 heavy (non-hydrogen) atoms. The van der Waals surface area contributed by atoms with E-state index in [2.05, 4.69) is 27.5 Å². The Bertz CT molecular complexity index is 747. The fraction of sp³-hybridized carbons (Fsp3) is 0.500. The van der Waals surface area contributed by atoms with E-state index in [1.807, 2.05) is 18.7 Å². The number of hydrogen-bond donors (Lipinski definition) is 2. The van der Waals surface area contributed by atoms with Crippen molar-refractivity contribution in [3.63, 3.8) is 0 Å². The van der Waals surface area contributed by atoms with Crippen LogP contribution in [0.5, 0.6) is 0 Å². The third-order valence-corrected chi connectivity index (χ3v) is 4.29. The van der Waals surface area contributed by atoms with Gasteiger partial charge in [0.05, 0.1) is 5.56 Å². The number of carbonyl (C=O) groups is 1. The normalized spacial score (nSPS) is 17.1. The molecule has 2 rings (SSSR count). The molecule has 0 bridgehead atoms. The molecule has 1 amide bonds. The number of carbonyl (C=O) groups excluding carboxylic acids is 1. The summed E-state index contributed by atoms with van der Waals surface area (Å²) in [6, 6.07) is 4.86. The maximum Gasteiger partial charge on any atom is 0.416 e. The lowest BCUT2D eigenvalue weighted by atomic mass is 10.1. The average Bonchev–Trinajstić information content (AvgIpc) is 3.13. The number of rotatable bonds is 4. The number of nitrogens with zero attached hydrogens (tertiary/aromatic N) is 2. The Balaban J connectivity index is 1.91. The summed E-state index contributed by atoms with van der Waals surface area (Å²) in [5.74, 6) is 6.42. The van der Waals surface area contributed by atoms with Crippen LogP contribution in [0.2, 0.25) is 0 Å². The maximum absolute atomic E-state index is 12.6. The number of halogens is 3. The number of likely N-dealkylation sites (tertiary alicyclic amines) is 1. The Morgan fingerprint density at radius 1 is 1.29 bits per heavy atom. The van der Waals surface area contributed by atoms with Crippen LogP contribution < -0.4 is 10.6 Å². The first-order valence-electron chi connectivity index (χ1n) is 9.32. The molecule has 0 aromatic heterocycles. The Hall–Kier alpha value is -2.69. The van der Waals surface area contributed by atoms with Gasteiger partial charge in [-0.1, -0.05) is 18.8 Å². The highest BCUT2D eigenvalue weighted by Crippen LogP contribution is 2.28. The van der Waals surface area contributed by atoms with Crippen molar-refractivity contribution in [2.24, 2.45) is 4.99 Å². The first-order valence-corrected chi connectivity index (χ1v) is 9.32. The Morgan fingerprint density at radius 2 is 2.00 bits per heavy atom. The molecule has 1 unspecified atom stereocenters. The van der Waals surface area contributed by atoms with E-state index in [0.717, 1.165) is 25.1 Å². The molecule has 0 spiro atoms. The zero-order chi connectivity index (χ0) is 20.6. The van der Waals surface area contributed by atoms with Crippen LogP contribution in [-0.2, 0) is 11.0 Å². The number of benzene rings is 1. The van der Waals surface area contributed by atoms with Gasteiger partial charge in [0.2, 0.25) is 5.91 Å². The number of hydrogen-bond acceptors (Lipinski definition) is 2. The van der Waals surface area contributed by atoms with Gasteiger partial charge in [0.15, 0.2) is 5.96 Å². The minimum absolute atomic E-state index is 0.135. The predicted octanol–water partition coefficient (Wildman–Crippen LogP) is 2.62. The second-order valence-corrected chi connectivity index (χ2v) is 6.40. The van der Waals surface area contributed by atoms with Gasteiger partial charge in [-0.2, -0.15) is 13.2 Å². The van der Waals surface area contributed by atoms with Crippen molar-refractivity contribution in [1.82, 2.24) is 15.5 Å². The van der Waals surface area contributed by atoms with Crippen molar-refractivity contribution >= 4 is 11.9 Å². The minimum Gasteiger partial charge on any atom is -0.357 e. The lowest BCUT2D eigenvalue weighted by molar-refractivity contribution is -0.137. The molecule has 0 aliphatic carbocycles. The molecule has 1 fully saturated rings. The van der Waals surface area contributed by atoms with Gasteiger partial charge in [-0.3, -0.25) is 4.79 Å². The van der Waals surface area contributed by atoms with Crippen LogP contribution in [-0.4, -0.2) is 49.0 Å². The smallest absolute Gasteiger partial charge is 0.357 e. The minimum atomic E-state index is -4.35. The van der Waals surface area contributed by atoms with E-state index < -0.39 is 11.7 Å². The highest BCUT2D eigenvalue weighted by atomic mass is 19.4. The quantitative estimate of drug-likeness (QED) is 0.469. The summed E-state index contributed by atoms with van der Waals surface area (Å²) >= 11 is 0. The third-order valence-electron chi connectivity index (χ3n) is 4.29. The van der Waals surface area contributed by atoms with Crippen molar-refractivity contribution in [3.05, 3.63) is 35.4 Å². The van der Waals surface area contributed by atoms with Gasteiger partial charge in [0.1, 0.15) is 6.54 Å². The molecule has 2 N–H and O–H groups in total. The van der Waals surface area contributed by atoms with E-state index >= 15 is 0 Å². The highest BCUT2D eigenvalue weighted by molar-refractivity contribution is 5.81. The summed E-state index contributed by atoms with van der Waals surface area (Å²) in [7, 11) is 0. The van der Waals surface area contributed by atoms with Crippen LogP contribution in [0.4, 0.5) is 13.2 Å². The summed E-state index contributed by atoms with van der Waals surface area (Å²) in [6.07, 6.45) is -2.99. The summed E-state index contributed by atoms with van der Waals surface area (Å²) in [5, 5.41) is 6.43. The van der Waals surface area contributed by atoms with E-state index in [-0.39, 0.29) is 18.5 Å². The average molecular weight is 394 g/mol. The van der Waals surface area contributed by atoms with E-state index in [1.165, 1.54) is 12.1 Å². The van der Waals surface area contributed by atoms with Crippen LogP contribution >= 0.6 is 0 Å². The molecule has 1 aromatic rings. The summed E-state index contributed by atoms with van der Waals surface area (Å²) in [5.41, 5.74) is -0.187. The molecular formula is C20H25F3N4O. The zero-order valence-electron chi connectivity index (χ0n) is 16.1. The van der Waals surface area contributed by atoms with Gasteiger partial charge in [-0.05, 0) is 37.6 Å². The summed E-state index contributed by atoms with van der Waals surface area (Å²) in [6.45, 7) is 6.07. The fourth-order valence-electron chi connectivity index (χ4n) is 2.84. The van der Waals surface area contributed by atoms with Gasteiger partial charge in [0, 0.05) is 37.7 Å². The van der Waals surface area contributed by atoms with Crippen LogP contribution in [0.25, 0.3) is 0 Å². The first kappa shape index (κ1) is 21.6. The standard InChI is InChI=1S/C20H25F3N4O/c1-3-18(28)27-13-11-17(14-27)26-19(24-4-2)25-12-5-6-15-7-9-16(10-8-15)20(21,22)23/h7-10,17H,3-4,11-14H2,1-2H3,(H2,24,25,26). The maximum atomic E-state index is 12.6. The van der Waals surface area contributed by atoms with E-state index in [9.17, 15) is 18.0 Å². The van der Waals surface area contributed by atoms with Gasteiger partial charge in [-0.15, -0.1) is 0 Å². The SMILES string of the molecule is CCNC(=NCC#Cc1ccc(C(F)(F)F)cc1)NC1CCN(C(=O)CC)C1. The van der Waals surface area contributed by atoms with Gasteiger partial charge in [-0.25, -0.2) is 4.99 Å². The van der Waals surface area contributed by atoms with Crippen LogP contribution in [0.1, 0.15) is 37.8 Å². The Kier molecular flexibility index (Phi) is 7.73. The number of amides is 1. The first-order chi connectivity index (χ1) is 13.3. The molecule has 1 heterocycles. The monoisotopic (exact) mass is 394 g/mol. The van der Waals surface area contributed by atoms with Crippen molar-refractivity contribution in [1.29, 1.82) is 0 Å². The molecule has 8 heteroatoms. The van der Waals surface area contributed by atoms with Gasteiger partial charge in [0.25, 0.3) is 0 Å². The molecule has 1 atom stereocenters. The third kappa shape index (κ3) is 6.48. The second-order valence-electron chi connectivity index (χ2n) is 6.40. The van der Waals surface area contributed by atoms with E-state index in [1.54, 1.807) is 0 Å². The van der Waals surface area contributed by atoms with Crippen LogP contribution in [0.3, 0.4) is 0 Å². The number of alkyl halides is 3. The van der Waals surface area contributed by atoms with E-state index in [4.69, 9.17) is 0 Å². The topological polar surface area (TPSA) is 56.7 Å². The van der Waals surface area contributed by atoms with Crippen LogP contribution in [0, 0.1) is 11.8 Å². The van der Waals surface area contributed by atoms with Gasteiger partial charge < -0.3 is 15.5 Å². The molecule has 1 saturated heterocycles. The molecule has 5 nitrogen and oxygen atoms in total. The van der Waals surface area contributed by atoms with Crippen molar-refractivity contribution in [2.45, 2.75) is 38.9 Å². The number of nitrogens with one attached hydrogen (secondary N) is 2. The summed E-state index contributed by atoms with van der Waals surface area (Å²) in [4.78, 5) is 18.0. The summed E-state index contributed by atoms with van der Waals surface area (Å²) < 4.78 is 37.7. The lowest BCUT2D eigenvalue weighted by Gasteiger charge is -2.18. The molecule has 1 aliphatic rings. The largest absolute Gasteiger partial charge is 0.416 e. The molecule has 1 aromatic carbocycles. The molecular weight excluding hydrogens is 369 g/mol. The number of guanidine groups is 1. The zero-order valence-corrected chi connectivity index (χ0v) is 16.1. The Morgan fingerprint density at radius 3 is 2.61 bits per heavy atom. The Labute approximate surface area is 163 Å². The lowest BCUT2D eigenvalue weighted by Crippen LogP contribution is -2.45. The second kappa shape index (κ2) is 10.0. The fourth-order valence-corrected chi connectivity index (χ4v) is 2.84. The predicted molar refractivity (Wildman–Crippen MR) is 103 cm³/mol. The van der Waals surface area contributed by atoms with Crippen molar-refractivity contribution < 1.29 is 18.0 Å². The van der Waals surface area contributed by atoms with E-state index in [0.29, 0.717) is 31.0 Å². The molecule has 152 valence electrons.